The van der Waals surface area contributed by atoms with E-state index in [9.17, 15) is 9.90 Å². The van der Waals surface area contributed by atoms with Gasteiger partial charge in [0.25, 0.3) is 5.91 Å². The van der Waals surface area contributed by atoms with E-state index in [2.05, 4.69) is 17.1 Å². The van der Waals surface area contributed by atoms with Crippen molar-refractivity contribution >= 4 is 28.4 Å². The van der Waals surface area contributed by atoms with Gasteiger partial charge >= 0.3 is 0 Å². The quantitative estimate of drug-likeness (QED) is 0.675. The van der Waals surface area contributed by atoms with Crippen molar-refractivity contribution in [3.63, 3.8) is 0 Å². The normalized spacial score (nSPS) is 11.0. The summed E-state index contributed by atoms with van der Waals surface area (Å²) in [7, 11) is 1.75. The van der Waals surface area contributed by atoms with Crippen molar-refractivity contribution in [3.05, 3.63) is 58.2 Å². The molecule has 2 N–H and O–H groups in total. The van der Waals surface area contributed by atoms with Gasteiger partial charge < -0.3 is 10.0 Å². The van der Waals surface area contributed by atoms with Gasteiger partial charge in [0.2, 0.25) is 0 Å². The minimum Gasteiger partial charge on any atom is -0.507 e. The summed E-state index contributed by atoms with van der Waals surface area (Å²) >= 11 is 6.25. The van der Waals surface area contributed by atoms with Crippen LogP contribution in [0.4, 0.5) is 0 Å². The second kappa shape index (κ2) is 7.79. The summed E-state index contributed by atoms with van der Waals surface area (Å²) in [6.45, 7) is 2.74. The molecule has 0 spiro atoms. The van der Waals surface area contributed by atoms with Crippen molar-refractivity contribution in [1.29, 1.82) is 0 Å². The number of carbonyl (C=O) groups is 1. The highest BCUT2D eigenvalue weighted by Crippen LogP contribution is 2.29. The predicted molar refractivity (Wildman–Crippen MR) is 104 cm³/mol. The molecule has 0 saturated heterocycles. The van der Waals surface area contributed by atoms with Crippen LogP contribution in [0.5, 0.6) is 5.75 Å². The summed E-state index contributed by atoms with van der Waals surface area (Å²) in [5, 5.41) is 19.0. The van der Waals surface area contributed by atoms with Gasteiger partial charge in [-0.2, -0.15) is 5.10 Å². The van der Waals surface area contributed by atoms with Gasteiger partial charge in [-0.05, 0) is 24.1 Å². The third kappa shape index (κ3) is 3.68. The smallest absolute Gasteiger partial charge is 0.257 e. The molecule has 136 valence electrons. The molecule has 3 rings (SSSR count). The van der Waals surface area contributed by atoms with Gasteiger partial charge in [-0.1, -0.05) is 43.1 Å². The van der Waals surface area contributed by atoms with Gasteiger partial charge in [-0.15, -0.1) is 0 Å². The summed E-state index contributed by atoms with van der Waals surface area (Å²) in [5.41, 5.74) is 2.73. The maximum atomic E-state index is 12.7. The van der Waals surface area contributed by atoms with Gasteiger partial charge in [0.15, 0.2) is 0 Å². The minimum absolute atomic E-state index is 0.0428. The minimum atomic E-state index is -0.192. The highest BCUT2D eigenvalue weighted by molar-refractivity contribution is 6.31. The molecule has 0 bridgehead atoms. The Hall–Kier alpha value is -2.53. The van der Waals surface area contributed by atoms with Crippen LogP contribution in [0.2, 0.25) is 5.02 Å². The first-order valence-corrected chi connectivity index (χ1v) is 9.08. The Balaban J connectivity index is 1.96. The van der Waals surface area contributed by atoms with Gasteiger partial charge in [-0.3, -0.25) is 9.89 Å². The highest BCUT2D eigenvalue weighted by Gasteiger charge is 2.19. The Labute approximate surface area is 157 Å². The van der Waals surface area contributed by atoms with Crippen LogP contribution in [0.1, 0.15) is 41.4 Å². The third-order valence-corrected chi connectivity index (χ3v) is 4.87. The molecule has 0 radical (unpaired) electrons. The lowest BCUT2D eigenvalue weighted by Crippen LogP contribution is -2.27. The largest absolute Gasteiger partial charge is 0.507 e. The molecule has 0 atom stereocenters. The van der Waals surface area contributed by atoms with Crippen LogP contribution in [0, 0.1) is 0 Å². The highest BCUT2D eigenvalue weighted by atomic mass is 35.5. The number of carbonyl (C=O) groups excluding carboxylic acids is 1. The molecule has 0 aliphatic carbocycles. The average Bonchev–Trinajstić information content (AvgIpc) is 3.01. The standard InChI is InChI=1S/C20H22ClN3O2/c1-3-4-9-24(2)20(26)15-11-14-17(22-23-18(14)12-19(15)25)10-13-7-5-6-8-16(13)21/h5-8,11-12,25H,3-4,9-10H2,1-2H3,(H,22,23). The van der Waals surface area contributed by atoms with E-state index < -0.39 is 0 Å². The Morgan fingerprint density at radius 1 is 1.31 bits per heavy atom. The van der Waals surface area contributed by atoms with E-state index >= 15 is 0 Å². The van der Waals surface area contributed by atoms with E-state index in [1.54, 1.807) is 24.1 Å². The Kier molecular flexibility index (Phi) is 5.47. The fourth-order valence-electron chi connectivity index (χ4n) is 2.94. The number of hydrogen-bond donors (Lipinski definition) is 2. The molecule has 0 aliphatic rings. The summed E-state index contributed by atoms with van der Waals surface area (Å²) in [5.74, 6) is -0.235. The number of nitrogens with one attached hydrogen (secondary N) is 1. The summed E-state index contributed by atoms with van der Waals surface area (Å²) in [6, 6.07) is 10.9. The molecular formula is C20H22ClN3O2. The molecule has 1 amide bonds. The lowest BCUT2D eigenvalue weighted by atomic mass is 10.0. The lowest BCUT2D eigenvalue weighted by molar-refractivity contribution is 0.0790. The number of hydrogen-bond acceptors (Lipinski definition) is 3. The zero-order valence-corrected chi connectivity index (χ0v) is 15.7. The lowest BCUT2D eigenvalue weighted by Gasteiger charge is -2.17. The molecular weight excluding hydrogens is 350 g/mol. The number of H-pyrrole nitrogens is 1. The van der Waals surface area contributed by atoms with Gasteiger partial charge in [0, 0.05) is 36.5 Å². The molecule has 3 aromatic rings. The number of aromatic hydroxyl groups is 1. The van der Waals surface area contributed by atoms with E-state index in [1.807, 2.05) is 24.3 Å². The topological polar surface area (TPSA) is 69.2 Å². The number of benzene rings is 2. The SMILES string of the molecule is CCCCN(C)C(=O)c1cc2c(Cc3ccccc3Cl)n[nH]c2cc1O. The molecule has 6 heteroatoms. The first-order chi connectivity index (χ1) is 12.5. The number of aromatic amines is 1. The van der Waals surface area contributed by atoms with E-state index in [0.29, 0.717) is 23.5 Å². The molecule has 0 fully saturated rings. The molecule has 1 aromatic heterocycles. The fraction of sp³-hybridized carbons (Fsp3) is 0.300. The summed E-state index contributed by atoms with van der Waals surface area (Å²) in [4.78, 5) is 14.3. The summed E-state index contributed by atoms with van der Waals surface area (Å²) < 4.78 is 0. The van der Waals surface area contributed by atoms with Crippen LogP contribution in [0.15, 0.2) is 36.4 Å². The van der Waals surface area contributed by atoms with Crippen LogP contribution in [-0.2, 0) is 6.42 Å². The van der Waals surface area contributed by atoms with Crippen molar-refractivity contribution in [1.82, 2.24) is 15.1 Å². The number of unbranched alkanes of at least 4 members (excludes halogenated alkanes) is 1. The Morgan fingerprint density at radius 3 is 2.81 bits per heavy atom. The van der Waals surface area contributed by atoms with Gasteiger partial charge in [0.1, 0.15) is 5.75 Å². The second-order valence-corrected chi connectivity index (χ2v) is 6.84. The van der Waals surface area contributed by atoms with Crippen LogP contribution in [0.3, 0.4) is 0 Å². The number of rotatable bonds is 6. The zero-order chi connectivity index (χ0) is 18.7. The first kappa shape index (κ1) is 18.3. The Bertz CT molecular complexity index is 936. The first-order valence-electron chi connectivity index (χ1n) is 8.70. The average molecular weight is 372 g/mol. The number of nitrogens with zero attached hydrogens (tertiary/aromatic N) is 2. The van der Waals surface area contributed by atoms with Crippen LogP contribution in [0.25, 0.3) is 10.9 Å². The van der Waals surface area contributed by atoms with Gasteiger partial charge in [0.05, 0.1) is 16.8 Å². The maximum absolute atomic E-state index is 12.7. The molecule has 2 aromatic carbocycles. The van der Waals surface area contributed by atoms with E-state index in [-0.39, 0.29) is 17.2 Å². The van der Waals surface area contributed by atoms with Crippen LogP contribution >= 0.6 is 11.6 Å². The molecule has 0 saturated carbocycles. The van der Waals surface area contributed by atoms with Crippen molar-refractivity contribution in [3.8, 4) is 5.75 Å². The molecule has 1 heterocycles. The predicted octanol–water partition coefficient (Wildman–Crippen LogP) is 4.38. The van der Waals surface area contributed by atoms with Crippen LogP contribution in [-0.4, -0.2) is 39.7 Å². The molecule has 26 heavy (non-hydrogen) atoms. The van der Waals surface area contributed by atoms with Crippen molar-refractivity contribution < 1.29 is 9.90 Å². The number of fused-ring (bicyclic) bond motifs is 1. The molecule has 5 nitrogen and oxygen atoms in total. The summed E-state index contributed by atoms with van der Waals surface area (Å²) in [6.07, 6.45) is 2.48. The number of phenolic OH excluding ortho intramolecular Hbond substituents is 1. The molecule has 0 aliphatic heterocycles. The molecule has 0 unspecified atom stereocenters. The van der Waals surface area contributed by atoms with E-state index in [4.69, 9.17) is 11.6 Å². The number of halogens is 1. The fourth-order valence-corrected chi connectivity index (χ4v) is 3.14. The zero-order valence-electron chi connectivity index (χ0n) is 14.9. The van der Waals surface area contributed by atoms with Crippen molar-refractivity contribution in [2.45, 2.75) is 26.2 Å². The van der Waals surface area contributed by atoms with E-state index in [1.165, 1.54) is 0 Å². The maximum Gasteiger partial charge on any atom is 0.257 e. The van der Waals surface area contributed by atoms with Crippen LogP contribution < -0.4 is 0 Å². The Morgan fingerprint density at radius 2 is 2.08 bits per heavy atom. The van der Waals surface area contributed by atoms with Gasteiger partial charge in [-0.25, -0.2) is 0 Å². The van der Waals surface area contributed by atoms with E-state index in [0.717, 1.165) is 29.5 Å². The second-order valence-electron chi connectivity index (χ2n) is 6.43. The number of aromatic nitrogens is 2. The van der Waals surface area contributed by atoms with Crippen molar-refractivity contribution in [2.24, 2.45) is 0 Å². The third-order valence-electron chi connectivity index (χ3n) is 4.50. The van der Waals surface area contributed by atoms with Crippen molar-refractivity contribution in [2.75, 3.05) is 13.6 Å². The monoisotopic (exact) mass is 371 g/mol. The number of amides is 1. The number of phenols is 1.